The maximum atomic E-state index is 11.8. The van der Waals surface area contributed by atoms with Crippen molar-refractivity contribution in [3.63, 3.8) is 0 Å². The first kappa shape index (κ1) is 9.10. The summed E-state index contributed by atoms with van der Waals surface area (Å²) in [6.07, 6.45) is -4.99. The van der Waals surface area contributed by atoms with Crippen LogP contribution in [0.3, 0.4) is 0 Å². The van der Waals surface area contributed by atoms with Crippen LogP contribution in [0.1, 0.15) is 11.1 Å². The quantitative estimate of drug-likeness (QED) is 0.612. The van der Waals surface area contributed by atoms with Gasteiger partial charge in [-0.25, -0.2) is 0 Å². The molecule has 0 unspecified atom stereocenters. The Morgan fingerprint density at radius 1 is 1.08 bits per heavy atom. The number of hydrogen-bond acceptors (Lipinski definition) is 0. The Balaban J connectivity index is 2.71. The number of benzene rings is 1. The molecular weight excluding hydrogens is 165 g/mol. The summed E-state index contributed by atoms with van der Waals surface area (Å²) in [4.78, 5) is 0. The third-order valence-corrected chi connectivity index (χ3v) is 1.43. The molecule has 0 heterocycles. The topological polar surface area (TPSA) is 0 Å². The summed E-state index contributed by atoms with van der Waals surface area (Å²) < 4.78 is 35.5. The highest BCUT2D eigenvalue weighted by atomic mass is 19.4. The predicted molar refractivity (Wildman–Crippen MR) is 40.7 cm³/mol. The first-order valence-electron chi connectivity index (χ1n) is 3.45. The molecule has 0 saturated carbocycles. The second kappa shape index (κ2) is 3.17. The van der Waals surface area contributed by atoms with E-state index in [9.17, 15) is 13.2 Å². The molecule has 12 heavy (non-hydrogen) atoms. The summed E-state index contributed by atoms with van der Waals surface area (Å²) >= 11 is 0. The molecule has 0 aliphatic heterocycles. The van der Waals surface area contributed by atoms with Gasteiger partial charge in [-0.05, 0) is 18.1 Å². The molecule has 65 valence electrons. The highest BCUT2D eigenvalue weighted by molar-refractivity contribution is 5.24. The van der Waals surface area contributed by atoms with Crippen LogP contribution in [0.15, 0.2) is 24.3 Å². The normalized spacial score (nSPS) is 11.7. The predicted octanol–water partition coefficient (Wildman–Crippen LogP) is 2.97. The van der Waals surface area contributed by atoms with Gasteiger partial charge in [0.2, 0.25) is 0 Å². The van der Waals surface area contributed by atoms with Crippen molar-refractivity contribution in [2.45, 2.75) is 12.6 Å². The first-order chi connectivity index (χ1) is 5.47. The standard InChI is InChI=1S/C9H8F3/c1-7-2-4-8(5-3-7)6-9(10,11)12/h2-5H,1,6H2. The number of alkyl halides is 3. The molecule has 0 nitrogen and oxygen atoms in total. The van der Waals surface area contributed by atoms with Crippen LogP contribution in [0.2, 0.25) is 0 Å². The van der Waals surface area contributed by atoms with Gasteiger partial charge in [0.15, 0.2) is 0 Å². The Morgan fingerprint density at radius 3 is 2.00 bits per heavy atom. The van der Waals surface area contributed by atoms with Crippen molar-refractivity contribution in [3.05, 3.63) is 42.3 Å². The minimum absolute atomic E-state index is 0.273. The van der Waals surface area contributed by atoms with Crippen molar-refractivity contribution in [2.75, 3.05) is 0 Å². The van der Waals surface area contributed by atoms with Gasteiger partial charge in [0, 0.05) is 0 Å². The van der Waals surface area contributed by atoms with Gasteiger partial charge >= 0.3 is 6.18 Å². The van der Waals surface area contributed by atoms with E-state index in [1.807, 2.05) is 0 Å². The van der Waals surface area contributed by atoms with Crippen LogP contribution < -0.4 is 0 Å². The Labute approximate surface area is 69.0 Å². The molecule has 0 saturated heterocycles. The molecule has 0 aromatic heterocycles. The maximum Gasteiger partial charge on any atom is 0.393 e. The maximum absolute atomic E-state index is 11.8. The Kier molecular flexibility index (Phi) is 2.40. The van der Waals surface area contributed by atoms with E-state index in [-0.39, 0.29) is 5.56 Å². The third-order valence-electron chi connectivity index (χ3n) is 1.43. The van der Waals surface area contributed by atoms with Crippen LogP contribution in [0, 0.1) is 6.92 Å². The average Bonchev–Trinajstić information content (AvgIpc) is 1.91. The highest BCUT2D eigenvalue weighted by Crippen LogP contribution is 2.21. The molecule has 0 N–H and O–H groups in total. The Morgan fingerprint density at radius 2 is 1.58 bits per heavy atom. The lowest BCUT2D eigenvalue weighted by Gasteiger charge is -2.05. The number of halogens is 3. The molecular formula is C9H8F3. The Bertz CT molecular complexity index is 245. The molecule has 0 atom stereocenters. The monoisotopic (exact) mass is 173 g/mol. The summed E-state index contributed by atoms with van der Waals surface area (Å²) in [7, 11) is 0. The molecule has 3 heteroatoms. The molecule has 0 aliphatic carbocycles. The van der Waals surface area contributed by atoms with Crippen molar-refractivity contribution in [1.82, 2.24) is 0 Å². The van der Waals surface area contributed by atoms with Gasteiger partial charge in [-0.1, -0.05) is 24.3 Å². The van der Waals surface area contributed by atoms with E-state index in [4.69, 9.17) is 0 Å². The average molecular weight is 173 g/mol. The lowest BCUT2D eigenvalue weighted by atomic mass is 10.1. The second-order valence-corrected chi connectivity index (χ2v) is 2.61. The molecule has 1 aromatic carbocycles. The van der Waals surface area contributed by atoms with E-state index in [1.54, 1.807) is 12.1 Å². The van der Waals surface area contributed by atoms with Crippen LogP contribution in [-0.2, 0) is 6.42 Å². The van der Waals surface area contributed by atoms with E-state index in [0.29, 0.717) is 0 Å². The van der Waals surface area contributed by atoms with E-state index < -0.39 is 12.6 Å². The van der Waals surface area contributed by atoms with Crippen molar-refractivity contribution >= 4 is 0 Å². The van der Waals surface area contributed by atoms with E-state index in [1.165, 1.54) is 12.1 Å². The number of hydrogen-bond donors (Lipinski definition) is 0. The van der Waals surface area contributed by atoms with Crippen LogP contribution in [0.4, 0.5) is 13.2 Å². The van der Waals surface area contributed by atoms with Gasteiger partial charge in [-0.15, -0.1) is 0 Å². The van der Waals surface area contributed by atoms with E-state index >= 15 is 0 Å². The summed E-state index contributed by atoms with van der Waals surface area (Å²) in [5.74, 6) is 0. The van der Waals surface area contributed by atoms with Gasteiger partial charge in [-0.2, -0.15) is 13.2 Å². The molecule has 0 amide bonds. The summed E-state index contributed by atoms with van der Waals surface area (Å²) in [6, 6.07) is 6.02. The summed E-state index contributed by atoms with van der Waals surface area (Å²) in [5, 5.41) is 0. The molecule has 0 aliphatic rings. The minimum atomic E-state index is -4.12. The van der Waals surface area contributed by atoms with Gasteiger partial charge in [0.25, 0.3) is 0 Å². The fraction of sp³-hybridized carbons (Fsp3) is 0.222. The third kappa shape index (κ3) is 2.95. The highest BCUT2D eigenvalue weighted by Gasteiger charge is 2.27. The van der Waals surface area contributed by atoms with Crippen LogP contribution >= 0.6 is 0 Å². The lowest BCUT2D eigenvalue weighted by molar-refractivity contribution is -0.127. The zero-order valence-electron chi connectivity index (χ0n) is 6.36. The smallest absolute Gasteiger partial charge is 0.171 e. The molecule has 0 bridgehead atoms. The zero-order valence-corrected chi connectivity index (χ0v) is 6.36. The van der Waals surface area contributed by atoms with Gasteiger partial charge in [0.05, 0.1) is 6.42 Å². The molecule has 0 spiro atoms. The molecule has 1 radical (unpaired) electrons. The minimum Gasteiger partial charge on any atom is -0.171 e. The van der Waals surface area contributed by atoms with Gasteiger partial charge in [-0.3, -0.25) is 0 Å². The van der Waals surface area contributed by atoms with Gasteiger partial charge < -0.3 is 0 Å². The zero-order chi connectivity index (χ0) is 9.19. The molecule has 1 aromatic rings. The summed E-state index contributed by atoms with van der Waals surface area (Å²) in [6.45, 7) is 3.58. The fourth-order valence-electron chi connectivity index (χ4n) is 0.889. The number of rotatable bonds is 1. The van der Waals surface area contributed by atoms with Crippen LogP contribution in [0.5, 0.6) is 0 Å². The largest absolute Gasteiger partial charge is 0.393 e. The first-order valence-corrected chi connectivity index (χ1v) is 3.45. The SMILES string of the molecule is [CH2]c1ccc(CC(F)(F)F)cc1. The molecule has 0 fully saturated rings. The Hall–Kier alpha value is -0.990. The lowest BCUT2D eigenvalue weighted by Crippen LogP contribution is -2.11. The second-order valence-electron chi connectivity index (χ2n) is 2.61. The van der Waals surface area contributed by atoms with Crippen molar-refractivity contribution in [2.24, 2.45) is 0 Å². The van der Waals surface area contributed by atoms with Gasteiger partial charge in [0.1, 0.15) is 0 Å². The van der Waals surface area contributed by atoms with Crippen LogP contribution in [0.25, 0.3) is 0 Å². The van der Waals surface area contributed by atoms with Crippen molar-refractivity contribution < 1.29 is 13.2 Å². The van der Waals surface area contributed by atoms with Crippen molar-refractivity contribution in [3.8, 4) is 0 Å². The van der Waals surface area contributed by atoms with E-state index in [0.717, 1.165) is 5.56 Å². The van der Waals surface area contributed by atoms with E-state index in [2.05, 4.69) is 6.92 Å². The van der Waals surface area contributed by atoms with Crippen LogP contribution in [-0.4, -0.2) is 6.18 Å². The summed E-state index contributed by atoms with van der Waals surface area (Å²) in [5.41, 5.74) is 0.996. The van der Waals surface area contributed by atoms with Crippen molar-refractivity contribution in [1.29, 1.82) is 0 Å². The fourth-order valence-corrected chi connectivity index (χ4v) is 0.889. The molecule has 1 rings (SSSR count).